The van der Waals surface area contributed by atoms with E-state index in [-0.39, 0.29) is 5.97 Å². The number of unbranched alkanes of at least 4 members (excludes halogenated alkanes) is 17. The lowest BCUT2D eigenvalue weighted by molar-refractivity contribution is -0.143. The first kappa shape index (κ1) is 25.5. The Kier molecular flexibility index (Phi) is 22.1. The third kappa shape index (κ3) is 21.5. The van der Waals surface area contributed by atoms with Gasteiger partial charge >= 0.3 is 5.97 Å². The van der Waals surface area contributed by atoms with Gasteiger partial charge in [0.1, 0.15) is 0 Å². The van der Waals surface area contributed by atoms with Gasteiger partial charge in [0, 0.05) is 6.42 Å². The van der Waals surface area contributed by atoms with Crippen LogP contribution in [0, 0.1) is 0 Å². The van der Waals surface area contributed by atoms with Crippen molar-refractivity contribution in [1.29, 1.82) is 0 Å². The van der Waals surface area contributed by atoms with E-state index in [2.05, 4.69) is 13.8 Å². The number of hydrogen-bond donors (Lipinski definition) is 0. The van der Waals surface area contributed by atoms with Crippen molar-refractivity contribution in [2.24, 2.45) is 0 Å². The minimum absolute atomic E-state index is 0.0167. The fourth-order valence-corrected chi connectivity index (χ4v) is 3.43. The Hall–Kier alpha value is -0.530. The van der Waals surface area contributed by atoms with Crippen LogP contribution in [-0.2, 0) is 9.53 Å². The molecule has 2 heteroatoms. The average molecular weight is 369 g/mol. The molecule has 0 rings (SSSR count). The summed E-state index contributed by atoms with van der Waals surface area (Å²) in [6.07, 6.45) is 25.5. The number of rotatable bonds is 21. The zero-order chi connectivity index (χ0) is 19.1. The molecule has 26 heavy (non-hydrogen) atoms. The Morgan fingerprint density at radius 3 is 1.27 bits per heavy atom. The van der Waals surface area contributed by atoms with Crippen LogP contribution in [-0.4, -0.2) is 12.6 Å². The molecule has 0 aromatic heterocycles. The van der Waals surface area contributed by atoms with Gasteiger partial charge in [0.15, 0.2) is 0 Å². The first-order chi connectivity index (χ1) is 12.8. The minimum Gasteiger partial charge on any atom is -0.466 e. The summed E-state index contributed by atoms with van der Waals surface area (Å²) in [6, 6.07) is 0. The lowest BCUT2D eigenvalue weighted by atomic mass is 10.0. The largest absolute Gasteiger partial charge is 0.466 e. The Morgan fingerprint density at radius 1 is 0.500 bits per heavy atom. The van der Waals surface area contributed by atoms with Gasteiger partial charge in [-0.05, 0) is 12.8 Å². The molecule has 0 N–H and O–H groups in total. The normalized spacial score (nSPS) is 11.0. The highest BCUT2D eigenvalue weighted by Crippen LogP contribution is 2.13. The fraction of sp³-hybridized carbons (Fsp3) is 0.958. The van der Waals surface area contributed by atoms with Gasteiger partial charge in [0.25, 0.3) is 0 Å². The highest BCUT2D eigenvalue weighted by Gasteiger charge is 2.02. The molecule has 0 aliphatic rings. The molecule has 0 saturated carbocycles. The Balaban J connectivity index is 3.13. The Bertz CT molecular complexity index is 275. The molecule has 0 unspecified atom stereocenters. The van der Waals surface area contributed by atoms with Crippen LogP contribution in [0.25, 0.3) is 0 Å². The van der Waals surface area contributed by atoms with Crippen molar-refractivity contribution in [3.63, 3.8) is 0 Å². The van der Waals surface area contributed by atoms with Gasteiger partial charge < -0.3 is 4.74 Å². The summed E-state index contributed by atoms with van der Waals surface area (Å²) in [5.41, 5.74) is 0. The SMILES string of the molecule is CCCCCCCCCCCCCCC(=O)OCCCCCCCCC. The molecule has 0 fully saturated rings. The number of carbonyl (C=O) groups excluding carboxylic acids is 1. The molecule has 0 aromatic rings. The summed E-state index contributed by atoms with van der Waals surface area (Å²) >= 11 is 0. The summed E-state index contributed by atoms with van der Waals surface area (Å²) in [4.78, 5) is 11.7. The monoisotopic (exact) mass is 368 g/mol. The zero-order valence-corrected chi connectivity index (χ0v) is 18.2. The average Bonchev–Trinajstić information content (AvgIpc) is 2.65. The van der Waals surface area contributed by atoms with E-state index in [1.807, 2.05) is 0 Å². The second kappa shape index (κ2) is 22.5. The van der Waals surface area contributed by atoms with Crippen molar-refractivity contribution in [2.75, 3.05) is 6.61 Å². The lowest BCUT2D eigenvalue weighted by Gasteiger charge is -2.05. The second-order valence-electron chi connectivity index (χ2n) is 7.98. The highest BCUT2D eigenvalue weighted by atomic mass is 16.5. The summed E-state index contributed by atoms with van der Waals surface area (Å²) in [5, 5.41) is 0. The van der Waals surface area contributed by atoms with E-state index in [1.165, 1.54) is 109 Å². The van der Waals surface area contributed by atoms with Gasteiger partial charge in [-0.25, -0.2) is 0 Å². The van der Waals surface area contributed by atoms with Crippen LogP contribution in [0.2, 0.25) is 0 Å². The molecular formula is C24H48O2. The maximum absolute atomic E-state index is 11.7. The molecule has 0 saturated heterocycles. The predicted molar refractivity (Wildman–Crippen MR) is 115 cm³/mol. The van der Waals surface area contributed by atoms with Gasteiger partial charge in [-0.2, -0.15) is 0 Å². The van der Waals surface area contributed by atoms with Crippen LogP contribution < -0.4 is 0 Å². The van der Waals surface area contributed by atoms with Crippen LogP contribution in [0.5, 0.6) is 0 Å². The van der Waals surface area contributed by atoms with Crippen molar-refractivity contribution < 1.29 is 9.53 Å². The standard InChI is InChI=1S/C24H48O2/c1-3-5-7-9-11-12-13-14-15-16-18-20-22-24(25)26-23-21-19-17-10-8-6-4-2/h3-23H2,1-2H3. The molecule has 0 radical (unpaired) electrons. The zero-order valence-electron chi connectivity index (χ0n) is 18.2. The molecule has 0 atom stereocenters. The topological polar surface area (TPSA) is 26.3 Å². The third-order valence-corrected chi connectivity index (χ3v) is 5.25. The summed E-state index contributed by atoms with van der Waals surface area (Å²) < 4.78 is 5.33. The smallest absolute Gasteiger partial charge is 0.305 e. The van der Waals surface area contributed by atoms with E-state index in [9.17, 15) is 4.79 Å². The maximum atomic E-state index is 11.7. The van der Waals surface area contributed by atoms with Crippen molar-refractivity contribution in [2.45, 2.75) is 142 Å². The quantitative estimate of drug-likeness (QED) is 0.150. The van der Waals surface area contributed by atoms with Gasteiger partial charge in [-0.1, -0.05) is 123 Å². The van der Waals surface area contributed by atoms with Crippen LogP contribution in [0.15, 0.2) is 0 Å². The molecule has 0 bridgehead atoms. The van der Waals surface area contributed by atoms with E-state index in [4.69, 9.17) is 4.74 Å². The molecule has 0 heterocycles. The maximum Gasteiger partial charge on any atom is 0.305 e. The van der Waals surface area contributed by atoms with Crippen molar-refractivity contribution in [3.05, 3.63) is 0 Å². The van der Waals surface area contributed by atoms with Crippen molar-refractivity contribution in [1.82, 2.24) is 0 Å². The first-order valence-electron chi connectivity index (χ1n) is 12.0. The highest BCUT2D eigenvalue weighted by molar-refractivity contribution is 5.69. The number of hydrogen-bond acceptors (Lipinski definition) is 2. The molecule has 0 spiro atoms. The van der Waals surface area contributed by atoms with E-state index in [0.29, 0.717) is 13.0 Å². The third-order valence-electron chi connectivity index (χ3n) is 5.25. The van der Waals surface area contributed by atoms with Gasteiger partial charge in [0.2, 0.25) is 0 Å². The van der Waals surface area contributed by atoms with Crippen molar-refractivity contribution in [3.8, 4) is 0 Å². The van der Waals surface area contributed by atoms with E-state index in [0.717, 1.165) is 12.8 Å². The van der Waals surface area contributed by atoms with E-state index in [1.54, 1.807) is 0 Å². The number of esters is 1. The number of ether oxygens (including phenoxy) is 1. The predicted octanol–water partition coefficient (Wildman–Crippen LogP) is 8.37. The molecule has 0 aromatic carbocycles. The second-order valence-corrected chi connectivity index (χ2v) is 7.98. The van der Waals surface area contributed by atoms with Gasteiger partial charge in [-0.15, -0.1) is 0 Å². The van der Waals surface area contributed by atoms with E-state index >= 15 is 0 Å². The van der Waals surface area contributed by atoms with Crippen LogP contribution in [0.1, 0.15) is 142 Å². The minimum atomic E-state index is 0.0167. The van der Waals surface area contributed by atoms with E-state index < -0.39 is 0 Å². The van der Waals surface area contributed by atoms with Gasteiger partial charge in [-0.3, -0.25) is 4.79 Å². The molecule has 2 nitrogen and oxygen atoms in total. The van der Waals surface area contributed by atoms with Crippen LogP contribution in [0.4, 0.5) is 0 Å². The van der Waals surface area contributed by atoms with Crippen LogP contribution in [0.3, 0.4) is 0 Å². The Morgan fingerprint density at radius 2 is 0.846 bits per heavy atom. The number of carbonyl (C=O) groups is 1. The molecule has 0 aliphatic carbocycles. The summed E-state index contributed by atoms with van der Waals surface area (Å²) in [6.45, 7) is 5.15. The first-order valence-corrected chi connectivity index (χ1v) is 12.0. The molecule has 0 amide bonds. The van der Waals surface area contributed by atoms with Crippen LogP contribution >= 0.6 is 0 Å². The fourth-order valence-electron chi connectivity index (χ4n) is 3.43. The molecular weight excluding hydrogens is 320 g/mol. The van der Waals surface area contributed by atoms with Gasteiger partial charge in [0.05, 0.1) is 6.61 Å². The van der Waals surface area contributed by atoms with Crippen molar-refractivity contribution >= 4 is 5.97 Å². The summed E-state index contributed by atoms with van der Waals surface area (Å²) in [7, 11) is 0. The lowest BCUT2D eigenvalue weighted by Crippen LogP contribution is -2.05. The molecule has 0 aliphatic heterocycles. The summed E-state index contributed by atoms with van der Waals surface area (Å²) in [5.74, 6) is 0.0167. The molecule has 156 valence electrons. The Labute approximate surface area is 164 Å².